The summed E-state index contributed by atoms with van der Waals surface area (Å²) in [7, 11) is 1.71. The fourth-order valence-corrected chi connectivity index (χ4v) is 2.59. The van der Waals surface area contributed by atoms with Crippen LogP contribution in [0.25, 0.3) is 0 Å². The number of hydrogen-bond acceptors (Lipinski definition) is 2. The lowest BCUT2D eigenvalue weighted by atomic mass is 9.97. The molecule has 0 spiro atoms. The van der Waals surface area contributed by atoms with Crippen LogP contribution in [0, 0.1) is 11.3 Å². The lowest BCUT2D eigenvalue weighted by Crippen LogP contribution is -2.46. The molecule has 1 fully saturated rings. The van der Waals surface area contributed by atoms with Gasteiger partial charge >= 0.3 is 0 Å². The van der Waals surface area contributed by atoms with Crippen molar-refractivity contribution in [2.24, 2.45) is 0 Å². The molecule has 1 saturated carbocycles. The summed E-state index contributed by atoms with van der Waals surface area (Å²) < 4.78 is 0. The number of hydrogen-bond donors (Lipinski definition) is 0. The molecule has 1 aromatic carbocycles. The highest BCUT2D eigenvalue weighted by Crippen LogP contribution is 2.34. The van der Waals surface area contributed by atoms with E-state index in [-0.39, 0.29) is 5.91 Å². The number of carbonyl (C=O) groups is 1. The van der Waals surface area contributed by atoms with Crippen LogP contribution < -0.4 is 0 Å². The molecule has 0 saturated heterocycles. The van der Waals surface area contributed by atoms with Crippen molar-refractivity contribution in [1.29, 1.82) is 5.26 Å². The molecular formula is C14H15ClN2O. The minimum atomic E-state index is -0.628. The molecule has 0 heterocycles. The molecular weight excluding hydrogens is 248 g/mol. The largest absolute Gasteiger partial charge is 0.323 e. The third-order valence-corrected chi connectivity index (χ3v) is 3.93. The zero-order chi connectivity index (χ0) is 13.2. The molecule has 94 valence electrons. The third-order valence-electron chi connectivity index (χ3n) is 3.68. The minimum absolute atomic E-state index is 0.116. The molecule has 2 rings (SSSR count). The van der Waals surface area contributed by atoms with E-state index in [0.29, 0.717) is 10.6 Å². The van der Waals surface area contributed by atoms with Crippen molar-refractivity contribution in [3.8, 4) is 6.07 Å². The van der Waals surface area contributed by atoms with Crippen molar-refractivity contribution in [1.82, 2.24) is 4.90 Å². The predicted octanol–water partition coefficient (Wildman–Crippen LogP) is 3.25. The topological polar surface area (TPSA) is 44.1 Å². The first kappa shape index (κ1) is 12.9. The fourth-order valence-electron chi connectivity index (χ4n) is 2.46. The van der Waals surface area contributed by atoms with Gasteiger partial charge in [-0.1, -0.05) is 11.6 Å². The van der Waals surface area contributed by atoms with Crippen molar-refractivity contribution in [2.45, 2.75) is 31.2 Å². The molecule has 1 aromatic rings. The van der Waals surface area contributed by atoms with E-state index in [4.69, 9.17) is 11.6 Å². The van der Waals surface area contributed by atoms with E-state index in [1.165, 1.54) is 0 Å². The van der Waals surface area contributed by atoms with E-state index in [1.54, 1.807) is 36.2 Å². The van der Waals surface area contributed by atoms with E-state index in [1.807, 2.05) is 0 Å². The maximum Gasteiger partial charge on any atom is 0.254 e. The Hall–Kier alpha value is -1.53. The second-order valence-corrected chi connectivity index (χ2v) is 5.16. The van der Waals surface area contributed by atoms with Gasteiger partial charge in [0.05, 0.1) is 6.07 Å². The summed E-state index contributed by atoms with van der Waals surface area (Å²) in [6.45, 7) is 0. The Kier molecular flexibility index (Phi) is 3.58. The number of nitriles is 1. The molecule has 0 unspecified atom stereocenters. The van der Waals surface area contributed by atoms with E-state index < -0.39 is 5.54 Å². The minimum Gasteiger partial charge on any atom is -0.323 e. The van der Waals surface area contributed by atoms with Gasteiger partial charge in [-0.2, -0.15) is 5.26 Å². The second kappa shape index (κ2) is 4.99. The Morgan fingerprint density at radius 2 is 1.89 bits per heavy atom. The number of benzene rings is 1. The number of rotatable bonds is 2. The summed E-state index contributed by atoms with van der Waals surface area (Å²) >= 11 is 5.80. The van der Waals surface area contributed by atoms with Gasteiger partial charge in [0.1, 0.15) is 5.54 Å². The van der Waals surface area contributed by atoms with Crippen LogP contribution in [0.5, 0.6) is 0 Å². The monoisotopic (exact) mass is 262 g/mol. The van der Waals surface area contributed by atoms with Gasteiger partial charge in [-0.25, -0.2) is 0 Å². The molecule has 0 N–H and O–H groups in total. The number of halogens is 1. The van der Waals surface area contributed by atoms with Gasteiger partial charge in [-0.15, -0.1) is 0 Å². The molecule has 1 aliphatic rings. The Morgan fingerprint density at radius 3 is 2.39 bits per heavy atom. The highest BCUT2D eigenvalue weighted by molar-refractivity contribution is 6.30. The summed E-state index contributed by atoms with van der Waals surface area (Å²) in [6, 6.07) is 9.09. The van der Waals surface area contributed by atoms with Crippen LogP contribution >= 0.6 is 11.6 Å². The smallest absolute Gasteiger partial charge is 0.254 e. The molecule has 0 radical (unpaired) electrons. The number of carbonyl (C=O) groups excluding carboxylic acids is 1. The van der Waals surface area contributed by atoms with Crippen molar-refractivity contribution in [2.75, 3.05) is 7.05 Å². The molecule has 0 aromatic heterocycles. The molecule has 0 aliphatic heterocycles. The highest BCUT2D eigenvalue weighted by atomic mass is 35.5. The van der Waals surface area contributed by atoms with Gasteiger partial charge in [0, 0.05) is 17.6 Å². The van der Waals surface area contributed by atoms with Crippen LogP contribution in [0.15, 0.2) is 24.3 Å². The quantitative estimate of drug-likeness (QED) is 0.821. The van der Waals surface area contributed by atoms with Gasteiger partial charge in [0.2, 0.25) is 0 Å². The summed E-state index contributed by atoms with van der Waals surface area (Å²) in [6.07, 6.45) is 3.54. The Balaban J connectivity index is 2.23. The van der Waals surface area contributed by atoms with E-state index in [0.717, 1.165) is 25.7 Å². The van der Waals surface area contributed by atoms with Crippen molar-refractivity contribution < 1.29 is 4.79 Å². The molecule has 18 heavy (non-hydrogen) atoms. The van der Waals surface area contributed by atoms with Crippen LogP contribution in [0.2, 0.25) is 5.02 Å². The summed E-state index contributed by atoms with van der Waals surface area (Å²) in [5.41, 5.74) is -0.0556. The second-order valence-electron chi connectivity index (χ2n) is 4.72. The maximum atomic E-state index is 12.3. The lowest BCUT2D eigenvalue weighted by molar-refractivity contribution is 0.0663. The van der Waals surface area contributed by atoms with Gasteiger partial charge in [0.25, 0.3) is 5.91 Å². The van der Waals surface area contributed by atoms with Gasteiger partial charge in [0.15, 0.2) is 0 Å². The normalized spacial score (nSPS) is 17.2. The van der Waals surface area contributed by atoms with Gasteiger partial charge < -0.3 is 4.90 Å². The summed E-state index contributed by atoms with van der Waals surface area (Å²) in [5.74, 6) is -0.116. The first-order chi connectivity index (χ1) is 8.59. The maximum absolute atomic E-state index is 12.3. The predicted molar refractivity (Wildman–Crippen MR) is 70.4 cm³/mol. The molecule has 3 nitrogen and oxygen atoms in total. The molecule has 1 aliphatic carbocycles. The lowest BCUT2D eigenvalue weighted by Gasteiger charge is -2.32. The van der Waals surface area contributed by atoms with Crippen molar-refractivity contribution in [3.63, 3.8) is 0 Å². The molecule has 1 amide bonds. The van der Waals surface area contributed by atoms with Gasteiger partial charge in [-0.05, 0) is 49.9 Å². The average molecular weight is 263 g/mol. The SMILES string of the molecule is CN(C(=O)c1ccc(Cl)cc1)C1(C#N)CCCC1. The standard InChI is InChI=1S/C14H15ClN2O/c1-17(14(10-16)8-2-3-9-14)13(18)11-4-6-12(15)7-5-11/h4-7H,2-3,8-9H2,1H3. The zero-order valence-corrected chi connectivity index (χ0v) is 11.1. The highest BCUT2D eigenvalue weighted by Gasteiger charge is 2.40. The van der Waals surface area contributed by atoms with E-state index in [9.17, 15) is 10.1 Å². The molecule has 0 atom stereocenters. The average Bonchev–Trinajstić information content (AvgIpc) is 2.88. The van der Waals surface area contributed by atoms with Crippen LogP contribution in [-0.2, 0) is 0 Å². The van der Waals surface area contributed by atoms with Crippen LogP contribution in [0.4, 0.5) is 0 Å². The Bertz CT molecular complexity index is 484. The molecule has 4 heteroatoms. The number of amides is 1. The Labute approximate surface area is 112 Å². The first-order valence-corrected chi connectivity index (χ1v) is 6.42. The third kappa shape index (κ3) is 2.21. The summed E-state index contributed by atoms with van der Waals surface area (Å²) in [5, 5.41) is 9.96. The van der Waals surface area contributed by atoms with Crippen molar-refractivity contribution >= 4 is 17.5 Å². The van der Waals surface area contributed by atoms with E-state index in [2.05, 4.69) is 6.07 Å². The van der Waals surface area contributed by atoms with E-state index >= 15 is 0 Å². The fraction of sp³-hybridized carbons (Fsp3) is 0.429. The van der Waals surface area contributed by atoms with Crippen LogP contribution in [0.1, 0.15) is 36.0 Å². The Morgan fingerprint density at radius 1 is 1.33 bits per heavy atom. The number of nitrogens with zero attached hydrogens (tertiary/aromatic N) is 2. The molecule has 0 bridgehead atoms. The summed E-state index contributed by atoms with van der Waals surface area (Å²) in [4.78, 5) is 13.9. The zero-order valence-electron chi connectivity index (χ0n) is 10.3. The van der Waals surface area contributed by atoms with Crippen molar-refractivity contribution in [3.05, 3.63) is 34.9 Å². The van der Waals surface area contributed by atoms with Gasteiger partial charge in [-0.3, -0.25) is 4.79 Å². The van der Waals surface area contributed by atoms with Crippen LogP contribution in [-0.4, -0.2) is 23.4 Å². The first-order valence-electron chi connectivity index (χ1n) is 6.04. The van der Waals surface area contributed by atoms with Crippen LogP contribution in [0.3, 0.4) is 0 Å².